The predicted octanol–water partition coefficient (Wildman–Crippen LogP) is 5.35. The van der Waals surface area contributed by atoms with Crippen LogP contribution < -0.4 is 5.32 Å². The lowest BCUT2D eigenvalue weighted by Gasteiger charge is -2.10. The molecule has 0 saturated heterocycles. The van der Waals surface area contributed by atoms with E-state index in [-0.39, 0.29) is 11.7 Å². The fraction of sp³-hybridized carbons (Fsp3) is 0.227. The molecule has 0 atom stereocenters. The number of nitrogens with zero attached hydrogens (tertiary/aromatic N) is 1. The van der Waals surface area contributed by atoms with E-state index in [1.54, 1.807) is 18.5 Å². The first-order chi connectivity index (χ1) is 13.1. The Balaban J connectivity index is 1.51. The number of hydrogen-bond donors (Lipinski definition) is 1. The normalized spacial score (nSPS) is 13.4. The molecular formula is C22H20N2O2S. The van der Waals surface area contributed by atoms with Crippen LogP contribution in [-0.4, -0.2) is 16.7 Å². The zero-order valence-corrected chi connectivity index (χ0v) is 15.9. The van der Waals surface area contributed by atoms with Gasteiger partial charge in [-0.25, -0.2) is 0 Å². The van der Waals surface area contributed by atoms with E-state index in [0.29, 0.717) is 29.2 Å². The van der Waals surface area contributed by atoms with Crippen LogP contribution in [0.3, 0.4) is 0 Å². The number of pyridine rings is 1. The Hall–Kier alpha value is -2.79. The SMILES string of the molecule is Cc1ccc(C(=O)CC2CC2)cc1NC(=O)c1csc(-c2cccnc2)c1. The summed E-state index contributed by atoms with van der Waals surface area (Å²) >= 11 is 1.51. The molecule has 0 bridgehead atoms. The number of thiophene rings is 1. The van der Waals surface area contributed by atoms with Gasteiger partial charge in [0.2, 0.25) is 0 Å². The maximum atomic E-state index is 12.7. The average molecular weight is 376 g/mol. The summed E-state index contributed by atoms with van der Waals surface area (Å²) in [7, 11) is 0. The van der Waals surface area contributed by atoms with Gasteiger partial charge in [-0.1, -0.05) is 18.2 Å². The summed E-state index contributed by atoms with van der Waals surface area (Å²) in [6.45, 7) is 1.93. The minimum absolute atomic E-state index is 0.155. The number of anilines is 1. The molecule has 1 aliphatic carbocycles. The topological polar surface area (TPSA) is 59.1 Å². The van der Waals surface area contributed by atoms with Gasteiger partial charge in [0, 0.05) is 45.9 Å². The average Bonchev–Trinajstić information content (AvgIpc) is 3.35. The molecule has 136 valence electrons. The Morgan fingerprint density at radius 1 is 1.19 bits per heavy atom. The van der Waals surface area contributed by atoms with Gasteiger partial charge in [0.05, 0.1) is 5.56 Å². The molecule has 0 spiro atoms. The molecule has 1 aliphatic rings. The standard InChI is InChI=1S/C22H20N2O2S/c1-14-4-7-16(20(25)9-15-5-6-15)10-19(14)24-22(26)18-11-21(27-13-18)17-3-2-8-23-12-17/h2-4,7-8,10-13,15H,5-6,9H2,1H3,(H,24,26). The van der Waals surface area contributed by atoms with E-state index in [9.17, 15) is 9.59 Å². The van der Waals surface area contributed by atoms with E-state index >= 15 is 0 Å². The van der Waals surface area contributed by atoms with Gasteiger partial charge in [-0.3, -0.25) is 14.6 Å². The predicted molar refractivity (Wildman–Crippen MR) is 108 cm³/mol. The molecule has 4 rings (SSSR count). The Labute approximate surface area is 162 Å². The number of carbonyl (C=O) groups is 2. The lowest BCUT2D eigenvalue weighted by atomic mass is 10.0. The highest BCUT2D eigenvalue weighted by molar-refractivity contribution is 7.13. The third kappa shape index (κ3) is 4.14. The van der Waals surface area contributed by atoms with Crippen LogP contribution in [0.25, 0.3) is 10.4 Å². The fourth-order valence-electron chi connectivity index (χ4n) is 2.94. The Bertz CT molecular complexity index is 991. The van der Waals surface area contributed by atoms with Crippen molar-refractivity contribution < 1.29 is 9.59 Å². The van der Waals surface area contributed by atoms with Crippen LogP contribution >= 0.6 is 11.3 Å². The summed E-state index contributed by atoms with van der Waals surface area (Å²) in [5, 5.41) is 4.80. The third-order valence-corrected chi connectivity index (χ3v) is 5.77. The molecule has 27 heavy (non-hydrogen) atoms. The first kappa shape index (κ1) is 17.6. The van der Waals surface area contributed by atoms with Crippen LogP contribution in [0.4, 0.5) is 5.69 Å². The second-order valence-electron chi connectivity index (χ2n) is 7.00. The number of aryl methyl sites for hydroxylation is 1. The number of rotatable bonds is 6. The van der Waals surface area contributed by atoms with Crippen molar-refractivity contribution in [2.45, 2.75) is 26.2 Å². The van der Waals surface area contributed by atoms with Crippen LogP contribution in [0.2, 0.25) is 0 Å². The van der Waals surface area contributed by atoms with Crippen molar-refractivity contribution in [2.24, 2.45) is 5.92 Å². The van der Waals surface area contributed by atoms with E-state index < -0.39 is 0 Å². The number of hydrogen-bond acceptors (Lipinski definition) is 4. The van der Waals surface area contributed by atoms with Gasteiger partial charge in [0.15, 0.2) is 5.78 Å². The number of ketones is 1. The Morgan fingerprint density at radius 3 is 2.78 bits per heavy atom. The number of amides is 1. The van der Waals surface area contributed by atoms with Gasteiger partial charge in [-0.15, -0.1) is 11.3 Å². The van der Waals surface area contributed by atoms with Crippen LogP contribution in [-0.2, 0) is 0 Å². The van der Waals surface area contributed by atoms with E-state index in [1.165, 1.54) is 11.3 Å². The zero-order chi connectivity index (χ0) is 18.8. The molecule has 0 aliphatic heterocycles. The van der Waals surface area contributed by atoms with Crippen molar-refractivity contribution >= 4 is 28.7 Å². The summed E-state index contributed by atoms with van der Waals surface area (Å²) in [5.41, 5.74) is 3.90. The fourth-order valence-corrected chi connectivity index (χ4v) is 3.82. The van der Waals surface area contributed by atoms with E-state index in [1.807, 2.05) is 42.6 Å². The lowest BCUT2D eigenvalue weighted by Crippen LogP contribution is -2.12. The van der Waals surface area contributed by atoms with Crippen LogP contribution in [0.1, 0.15) is 45.5 Å². The first-order valence-electron chi connectivity index (χ1n) is 9.04. The molecule has 0 radical (unpaired) electrons. The van der Waals surface area contributed by atoms with Crippen molar-refractivity contribution in [3.05, 3.63) is 70.9 Å². The van der Waals surface area contributed by atoms with Gasteiger partial charge in [0.1, 0.15) is 0 Å². The molecular weight excluding hydrogens is 356 g/mol. The van der Waals surface area contributed by atoms with Crippen molar-refractivity contribution in [1.82, 2.24) is 4.98 Å². The van der Waals surface area contributed by atoms with Crippen molar-refractivity contribution in [3.63, 3.8) is 0 Å². The quantitative estimate of drug-likeness (QED) is 0.590. The molecule has 1 saturated carbocycles. The number of carbonyl (C=O) groups excluding carboxylic acids is 2. The van der Waals surface area contributed by atoms with Crippen molar-refractivity contribution in [3.8, 4) is 10.4 Å². The summed E-state index contributed by atoms with van der Waals surface area (Å²) in [6, 6.07) is 11.3. The zero-order valence-electron chi connectivity index (χ0n) is 15.1. The van der Waals surface area contributed by atoms with E-state index in [0.717, 1.165) is 28.8 Å². The summed E-state index contributed by atoms with van der Waals surface area (Å²) in [6.07, 6.45) is 6.42. The molecule has 2 aromatic heterocycles. The highest BCUT2D eigenvalue weighted by Crippen LogP contribution is 2.34. The highest BCUT2D eigenvalue weighted by Gasteiger charge is 2.25. The van der Waals surface area contributed by atoms with Crippen LogP contribution in [0, 0.1) is 12.8 Å². The third-order valence-electron chi connectivity index (χ3n) is 4.79. The largest absolute Gasteiger partial charge is 0.322 e. The summed E-state index contributed by atoms with van der Waals surface area (Å²) in [4.78, 5) is 30.2. The van der Waals surface area contributed by atoms with Crippen LogP contribution in [0.15, 0.2) is 54.2 Å². The molecule has 1 fully saturated rings. The summed E-state index contributed by atoms with van der Waals surface area (Å²) in [5.74, 6) is 0.534. The minimum atomic E-state index is -0.170. The maximum Gasteiger partial charge on any atom is 0.256 e. The van der Waals surface area contributed by atoms with Gasteiger partial charge < -0.3 is 5.32 Å². The minimum Gasteiger partial charge on any atom is -0.322 e. The lowest BCUT2D eigenvalue weighted by molar-refractivity contribution is 0.0974. The molecule has 5 heteroatoms. The monoisotopic (exact) mass is 376 g/mol. The van der Waals surface area contributed by atoms with Gasteiger partial charge in [0.25, 0.3) is 5.91 Å². The van der Waals surface area contributed by atoms with Crippen molar-refractivity contribution in [2.75, 3.05) is 5.32 Å². The molecule has 3 aromatic rings. The van der Waals surface area contributed by atoms with E-state index in [4.69, 9.17) is 0 Å². The highest BCUT2D eigenvalue weighted by atomic mass is 32.1. The maximum absolute atomic E-state index is 12.7. The molecule has 4 nitrogen and oxygen atoms in total. The molecule has 1 aromatic carbocycles. The number of Topliss-reactive ketones (excluding diaryl/α,β-unsaturated/α-hetero) is 1. The second-order valence-corrected chi connectivity index (χ2v) is 7.91. The Kier molecular flexibility index (Phi) is 4.86. The van der Waals surface area contributed by atoms with Gasteiger partial charge in [-0.2, -0.15) is 0 Å². The number of nitrogens with one attached hydrogen (secondary N) is 1. The van der Waals surface area contributed by atoms with Gasteiger partial charge in [-0.05, 0) is 49.4 Å². The smallest absolute Gasteiger partial charge is 0.256 e. The molecule has 0 unspecified atom stereocenters. The molecule has 1 N–H and O–H groups in total. The number of aromatic nitrogens is 1. The van der Waals surface area contributed by atoms with Gasteiger partial charge >= 0.3 is 0 Å². The molecule has 2 heterocycles. The molecule has 1 amide bonds. The number of benzene rings is 1. The van der Waals surface area contributed by atoms with E-state index in [2.05, 4.69) is 10.3 Å². The summed E-state index contributed by atoms with van der Waals surface area (Å²) < 4.78 is 0. The van der Waals surface area contributed by atoms with Crippen molar-refractivity contribution in [1.29, 1.82) is 0 Å². The Morgan fingerprint density at radius 2 is 2.04 bits per heavy atom. The first-order valence-corrected chi connectivity index (χ1v) is 9.92. The second kappa shape index (κ2) is 7.45. The van der Waals surface area contributed by atoms with Crippen LogP contribution in [0.5, 0.6) is 0 Å².